The molecule has 0 saturated carbocycles. The lowest BCUT2D eigenvalue weighted by Crippen LogP contribution is -2.30. The zero-order valence-electron chi connectivity index (χ0n) is 16.0. The highest BCUT2D eigenvalue weighted by molar-refractivity contribution is 7.17. The second-order valence-corrected chi connectivity index (χ2v) is 8.05. The van der Waals surface area contributed by atoms with Crippen molar-refractivity contribution in [1.82, 2.24) is 9.55 Å². The number of halogens is 1. The van der Waals surface area contributed by atoms with Crippen LogP contribution in [0.2, 0.25) is 5.02 Å². The van der Waals surface area contributed by atoms with Crippen LogP contribution in [-0.4, -0.2) is 32.3 Å². The Balaban J connectivity index is 1.53. The van der Waals surface area contributed by atoms with Crippen LogP contribution in [0, 0.1) is 10.1 Å². The highest BCUT2D eigenvalue weighted by Gasteiger charge is 2.16. The number of nitro benzene ring substituents is 1. The minimum atomic E-state index is -1.02. The molecule has 0 unspecified atom stereocenters. The lowest BCUT2D eigenvalue weighted by atomic mass is 10.1. The molecule has 0 saturated heterocycles. The van der Waals surface area contributed by atoms with Gasteiger partial charge in [0.15, 0.2) is 0 Å². The van der Waals surface area contributed by atoms with Gasteiger partial charge in [-0.15, -0.1) is 11.3 Å². The van der Waals surface area contributed by atoms with Crippen molar-refractivity contribution in [3.63, 3.8) is 0 Å². The number of nitro groups is 1. The van der Waals surface area contributed by atoms with Crippen LogP contribution in [0.15, 0.2) is 65.0 Å². The van der Waals surface area contributed by atoms with E-state index in [-0.39, 0.29) is 30.1 Å². The van der Waals surface area contributed by atoms with E-state index in [2.05, 4.69) is 4.98 Å². The molecule has 2 heterocycles. The number of hydrogen-bond acceptors (Lipinski definition) is 7. The second kappa shape index (κ2) is 8.84. The largest absolute Gasteiger partial charge is 0.491 e. The highest BCUT2D eigenvalue weighted by Crippen LogP contribution is 2.31. The first kappa shape index (κ1) is 21.0. The summed E-state index contributed by atoms with van der Waals surface area (Å²) in [5.41, 5.74) is 1.23. The molecule has 4 aromatic rings. The fourth-order valence-electron chi connectivity index (χ4n) is 3.10. The SMILES string of the molecule is O=c1c2c(-c3ccc(Cl)cc3)csc2ncn1C[C@H](O)COc1cccc([N+](=O)[O-])c1. The summed E-state index contributed by atoms with van der Waals surface area (Å²) in [4.78, 5) is 28.3. The monoisotopic (exact) mass is 457 g/mol. The molecule has 0 aliphatic rings. The summed E-state index contributed by atoms with van der Waals surface area (Å²) < 4.78 is 6.78. The van der Waals surface area contributed by atoms with Crippen LogP contribution < -0.4 is 10.3 Å². The zero-order valence-corrected chi connectivity index (χ0v) is 17.5. The second-order valence-electron chi connectivity index (χ2n) is 6.76. The van der Waals surface area contributed by atoms with Crippen molar-refractivity contribution in [2.75, 3.05) is 6.61 Å². The zero-order chi connectivity index (χ0) is 22.0. The van der Waals surface area contributed by atoms with Crippen LogP contribution in [0.5, 0.6) is 5.75 Å². The average Bonchev–Trinajstić information content (AvgIpc) is 3.20. The van der Waals surface area contributed by atoms with Gasteiger partial charge in [-0.2, -0.15) is 0 Å². The predicted octanol–water partition coefficient (Wildman–Crippen LogP) is 4.13. The third kappa shape index (κ3) is 4.58. The van der Waals surface area contributed by atoms with Crippen molar-refractivity contribution >= 4 is 38.8 Å². The summed E-state index contributed by atoms with van der Waals surface area (Å²) in [6.07, 6.45) is 0.373. The van der Waals surface area contributed by atoms with Crippen molar-refractivity contribution in [3.8, 4) is 16.9 Å². The molecule has 2 aromatic carbocycles. The molecule has 0 bridgehead atoms. The van der Waals surface area contributed by atoms with Gasteiger partial charge in [-0.3, -0.25) is 19.5 Å². The van der Waals surface area contributed by atoms with Gasteiger partial charge in [-0.25, -0.2) is 4.98 Å². The van der Waals surface area contributed by atoms with Gasteiger partial charge < -0.3 is 9.84 Å². The third-order valence-corrected chi connectivity index (χ3v) is 5.73. The van der Waals surface area contributed by atoms with Crippen LogP contribution in [0.3, 0.4) is 0 Å². The Kier molecular flexibility index (Phi) is 5.99. The molecule has 1 atom stereocenters. The quantitative estimate of drug-likeness (QED) is 0.330. The van der Waals surface area contributed by atoms with E-state index in [0.29, 0.717) is 15.2 Å². The van der Waals surface area contributed by atoms with E-state index in [0.717, 1.165) is 11.1 Å². The van der Waals surface area contributed by atoms with E-state index in [1.165, 1.54) is 40.4 Å². The van der Waals surface area contributed by atoms with E-state index in [9.17, 15) is 20.0 Å². The Labute approximate surface area is 185 Å². The van der Waals surface area contributed by atoms with Gasteiger partial charge in [0.2, 0.25) is 0 Å². The summed E-state index contributed by atoms with van der Waals surface area (Å²) in [5.74, 6) is 0.261. The predicted molar refractivity (Wildman–Crippen MR) is 119 cm³/mol. The van der Waals surface area contributed by atoms with E-state index < -0.39 is 11.0 Å². The summed E-state index contributed by atoms with van der Waals surface area (Å²) in [6.45, 7) is -0.175. The van der Waals surface area contributed by atoms with Crippen molar-refractivity contribution in [2.45, 2.75) is 12.6 Å². The molecule has 0 aliphatic carbocycles. The summed E-state index contributed by atoms with van der Waals surface area (Å²) in [5, 5.41) is 24.1. The van der Waals surface area contributed by atoms with Crippen LogP contribution in [0.1, 0.15) is 0 Å². The maximum Gasteiger partial charge on any atom is 0.273 e. The number of ether oxygens (including phenoxy) is 1. The molecule has 0 amide bonds. The molecule has 10 heteroatoms. The summed E-state index contributed by atoms with van der Waals surface area (Å²) in [6, 6.07) is 12.9. The maximum atomic E-state index is 13.1. The lowest BCUT2D eigenvalue weighted by Gasteiger charge is -2.14. The molecule has 0 spiro atoms. The van der Waals surface area contributed by atoms with Crippen LogP contribution in [-0.2, 0) is 6.54 Å². The molecule has 158 valence electrons. The first-order valence-corrected chi connectivity index (χ1v) is 10.5. The van der Waals surface area contributed by atoms with Crippen molar-refractivity contribution < 1.29 is 14.8 Å². The first-order valence-electron chi connectivity index (χ1n) is 9.20. The Morgan fingerprint density at radius 3 is 2.77 bits per heavy atom. The van der Waals surface area contributed by atoms with Gasteiger partial charge in [0.25, 0.3) is 11.2 Å². The van der Waals surface area contributed by atoms with Crippen molar-refractivity contribution in [3.05, 3.63) is 85.7 Å². The number of nitrogens with zero attached hydrogens (tertiary/aromatic N) is 3. The normalized spacial score (nSPS) is 12.1. The minimum Gasteiger partial charge on any atom is -0.491 e. The fourth-order valence-corrected chi connectivity index (χ4v) is 4.13. The Bertz CT molecular complexity index is 1300. The number of thiophene rings is 1. The smallest absolute Gasteiger partial charge is 0.273 e. The molecule has 8 nitrogen and oxygen atoms in total. The molecule has 0 radical (unpaired) electrons. The number of non-ortho nitro benzene ring substituents is 1. The number of aliphatic hydroxyl groups excluding tert-OH is 1. The number of rotatable bonds is 7. The standard InChI is InChI=1S/C21H16ClN3O5S/c22-14-6-4-13(5-7-14)18-11-31-20-19(18)21(27)24(12-23-20)9-16(26)10-30-17-3-1-2-15(8-17)25(28)29/h1-8,11-12,16,26H,9-10H2/t16-/m0/s1. The van der Waals surface area contributed by atoms with Crippen LogP contribution >= 0.6 is 22.9 Å². The van der Waals surface area contributed by atoms with E-state index in [1.807, 2.05) is 17.5 Å². The van der Waals surface area contributed by atoms with Crippen molar-refractivity contribution in [1.29, 1.82) is 0 Å². The average molecular weight is 458 g/mol. The van der Waals surface area contributed by atoms with Crippen molar-refractivity contribution in [2.24, 2.45) is 0 Å². The molecule has 4 rings (SSSR count). The first-order chi connectivity index (χ1) is 14.9. The van der Waals surface area contributed by atoms with Crippen LogP contribution in [0.4, 0.5) is 5.69 Å². The molecule has 31 heavy (non-hydrogen) atoms. The number of aromatic nitrogens is 2. The fraction of sp³-hybridized carbons (Fsp3) is 0.143. The minimum absolute atomic E-state index is 0.0351. The molecule has 0 fully saturated rings. The van der Waals surface area contributed by atoms with Gasteiger partial charge >= 0.3 is 0 Å². The summed E-state index contributed by atoms with van der Waals surface area (Å²) in [7, 11) is 0. The number of hydrogen-bond donors (Lipinski definition) is 1. The van der Waals surface area contributed by atoms with E-state index in [1.54, 1.807) is 18.2 Å². The lowest BCUT2D eigenvalue weighted by molar-refractivity contribution is -0.384. The van der Waals surface area contributed by atoms with Gasteiger partial charge in [0, 0.05) is 22.0 Å². The Hall–Kier alpha value is -3.27. The highest BCUT2D eigenvalue weighted by atomic mass is 35.5. The van der Waals surface area contributed by atoms with Gasteiger partial charge in [0.1, 0.15) is 23.3 Å². The number of fused-ring (bicyclic) bond motifs is 1. The Morgan fingerprint density at radius 2 is 2.03 bits per heavy atom. The van der Waals surface area contributed by atoms with Gasteiger partial charge in [-0.05, 0) is 23.8 Å². The maximum absolute atomic E-state index is 13.1. The molecule has 1 N–H and O–H groups in total. The van der Waals surface area contributed by atoms with Gasteiger partial charge in [-0.1, -0.05) is 29.8 Å². The number of benzene rings is 2. The van der Waals surface area contributed by atoms with Gasteiger partial charge in [0.05, 0.1) is 29.2 Å². The topological polar surface area (TPSA) is 107 Å². The molecular weight excluding hydrogens is 442 g/mol. The van der Waals surface area contributed by atoms with E-state index in [4.69, 9.17) is 16.3 Å². The number of aliphatic hydroxyl groups is 1. The van der Waals surface area contributed by atoms with E-state index >= 15 is 0 Å². The Morgan fingerprint density at radius 1 is 1.26 bits per heavy atom. The van der Waals surface area contributed by atoms with Crippen LogP contribution in [0.25, 0.3) is 21.3 Å². The summed E-state index contributed by atoms with van der Waals surface area (Å²) >= 11 is 7.32. The molecule has 0 aliphatic heterocycles. The third-order valence-electron chi connectivity index (χ3n) is 4.59. The molecular formula is C21H16ClN3O5S. The molecule has 2 aromatic heterocycles.